The maximum atomic E-state index is 12.7. The zero-order valence-electron chi connectivity index (χ0n) is 14.2. The van der Waals surface area contributed by atoms with Crippen molar-refractivity contribution in [1.29, 1.82) is 0 Å². The minimum absolute atomic E-state index is 0.0466. The predicted octanol–water partition coefficient (Wildman–Crippen LogP) is 2.59. The van der Waals surface area contributed by atoms with Crippen molar-refractivity contribution in [1.82, 2.24) is 9.55 Å². The third-order valence-electron chi connectivity index (χ3n) is 4.08. The molecule has 0 bridgehead atoms. The molecule has 0 radical (unpaired) electrons. The lowest BCUT2D eigenvalue weighted by Gasteiger charge is -2.25. The van der Waals surface area contributed by atoms with Crippen molar-refractivity contribution < 1.29 is 9.53 Å². The summed E-state index contributed by atoms with van der Waals surface area (Å²) < 4.78 is 6.46. The normalized spacial score (nSPS) is 17.8. The summed E-state index contributed by atoms with van der Waals surface area (Å²) in [6, 6.07) is 9.50. The first-order chi connectivity index (χ1) is 12.1. The van der Waals surface area contributed by atoms with Crippen molar-refractivity contribution in [2.45, 2.75) is 32.7 Å². The number of esters is 1. The van der Waals surface area contributed by atoms with Crippen LogP contribution in [0.1, 0.15) is 48.9 Å². The average Bonchev–Trinajstić information content (AvgIpc) is 2.62. The predicted molar refractivity (Wildman–Crippen MR) is 95.0 cm³/mol. The van der Waals surface area contributed by atoms with Crippen molar-refractivity contribution in [3.63, 3.8) is 0 Å². The summed E-state index contributed by atoms with van der Waals surface area (Å²) in [4.78, 5) is 29.0. The summed E-state index contributed by atoms with van der Waals surface area (Å²) in [5.74, 6) is -0.158. The van der Waals surface area contributed by atoms with Gasteiger partial charge in [-0.05, 0) is 38.8 Å². The number of nitrogens with one attached hydrogen (secondary N) is 1. The standard InChI is InChI=1S/C18H20N4O3/c1-3-25-18(24)14-11-19-16-15(10-9-12(2)22(16)17(14)23)21-20-13-7-5-4-6-8-13/h4-8,11-12,20H,3,9-10H2,1-2H3/b21-15+. The highest BCUT2D eigenvalue weighted by Crippen LogP contribution is 2.22. The fourth-order valence-electron chi connectivity index (χ4n) is 2.78. The number of carbonyl (C=O) groups excluding carboxylic acids is 1. The Balaban J connectivity index is 1.98. The van der Waals surface area contributed by atoms with Crippen LogP contribution >= 0.6 is 0 Å². The van der Waals surface area contributed by atoms with Crippen LogP contribution in [0.2, 0.25) is 0 Å². The topological polar surface area (TPSA) is 85.6 Å². The average molecular weight is 340 g/mol. The quantitative estimate of drug-likeness (QED) is 0.683. The Bertz CT molecular complexity index is 858. The highest BCUT2D eigenvalue weighted by molar-refractivity contribution is 5.99. The molecule has 7 nitrogen and oxygen atoms in total. The number of hydrazone groups is 1. The van der Waals surface area contributed by atoms with E-state index in [1.165, 1.54) is 10.8 Å². The molecule has 0 saturated carbocycles. The number of para-hydroxylation sites is 1. The minimum atomic E-state index is -0.644. The van der Waals surface area contributed by atoms with Crippen molar-refractivity contribution in [3.8, 4) is 0 Å². The highest BCUT2D eigenvalue weighted by atomic mass is 16.5. The van der Waals surface area contributed by atoms with Crippen LogP contribution in [0.5, 0.6) is 0 Å². The number of ether oxygens (including phenoxy) is 1. The van der Waals surface area contributed by atoms with Gasteiger partial charge in [0.05, 0.1) is 12.3 Å². The summed E-state index contributed by atoms with van der Waals surface area (Å²) in [7, 11) is 0. The third kappa shape index (κ3) is 3.45. The zero-order valence-corrected chi connectivity index (χ0v) is 14.2. The van der Waals surface area contributed by atoms with Gasteiger partial charge in [-0.2, -0.15) is 5.10 Å². The Kier molecular flexibility index (Phi) is 4.92. The Labute approximate surface area is 145 Å². The van der Waals surface area contributed by atoms with Gasteiger partial charge in [-0.25, -0.2) is 9.78 Å². The molecule has 2 heterocycles. The number of anilines is 1. The number of rotatable bonds is 4. The monoisotopic (exact) mass is 340 g/mol. The summed E-state index contributed by atoms with van der Waals surface area (Å²) in [6.45, 7) is 3.84. The van der Waals surface area contributed by atoms with E-state index in [-0.39, 0.29) is 23.8 Å². The van der Waals surface area contributed by atoms with Gasteiger partial charge in [-0.3, -0.25) is 14.8 Å². The van der Waals surface area contributed by atoms with Crippen molar-refractivity contribution in [2.75, 3.05) is 12.0 Å². The molecule has 3 rings (SSSR count). The van der Waals surface area contributed by atoms with Crippen molar-refractivity contribution in [2.24, 2.45) is 5.10 Å². The van der Waals surface area contributed by atoms with E-state index < -0.39 is 5.97 Å². The number of nitrogens with zero attached hydrogens (tertiary/aromatic N) is 3. The summed E-state index contributed by atoms with van der Waals surface area (Å²) in [5, 5.41) is 4.41. The van der Waals surface area contributed by atoms with Crippen LogP contribution in [0.4, 0.5) is 5.69 Å². The number of hydrogen-bond donors (Lipinski definition) is 1. The van der Waals surface area contributed by atoms with Gasteiger partial charge in [0.25, 0.3) is 5.56 Å². The molecule has 1 aliphatic heterocycles. The van der Waals surface area contributed by atoms with Crippen LogP contribution in [-0.2, 0) is 4.74 Å². The lowest BCUT2D eigenvalue weighted by Crippen LogP contribution is -2.37. The smallest absolute Gasteiger partial charge is 0.345 e. The van der Waals surface area contributed by atoms with E-state index in [4.69, 9.17) is 4.74 Å². The SMILES string of the molecule is CCOC(=O)c1cnc2n(c1=O)C(C)CC/C2=N\Nc1ccccc1. The molecule has 1 unspecified atom stereocenters. The van der Waals surface area contributed by atoms with Gasteiger partial charge in [0.15, 0.2) is 5.82 Å². The lowest BCUT2D eigenvalue weighted by atomic mass is 10.0. The summed E-state index contributed by atoms with van der Waals surface area (Å²) in [6.07, 6.45) is 2.73. The highest BCUT2D eigenvalue weighted by Gasteiger charge is 2.27. The first-order valence-corrected chi connectivity index (χ1v) is 8.28. The largest absolute Gasteiger partial charge is 0.462 e. The first kappa shape index (κ1) is 16.9. The van der Waals surface area contributed by atoms with Gasteiger partial charge in [0, 0.05) is 12.2 Å². The van der Waals surface area contributed by atoms with Crippen LogP contribution in [-0.4, -0.2) is 27.8 Å². The third-order valence-corrected chi connectivity index (χ3v) is 4.08. The van der Waals surface area contributed by atoms with Gasteiger partial charge in [0.1, 0.15) is 11.3 Å². The number of carbonyl (C=O) groups is 1. The Hall–Kier alpha value is -2.96. The second-order valence-corrected chi connectivity index (χ2v) is 5.82. The molecule has 1 aromatic heterocycles. The van der Waals surface area contributed by atoms with Gasteiger partial charge < -0.3 is 4.74 Å². The van der Waals surface area contributed by atoms with Crippen LogP contribution < -0.4 is 11.0 Å². The molecular formula is C18H20N4O3. The summed E-state index contributed by atoms with van der Waals surface area (Å²) in [5.41, 5.74) is 4.10. The van der Waals surface area contributed by atoms with E-state index in [9.17, 15) is 9.59 Å². The van der Waals surface area contributed by atoms with Gasteiger partial charge in [-0.1, -0.05) is 18.2 Å². The molecule has 25 heavy (non-hydrogen) atoms. The molecule has 1 aliphatic rings. The van der Waals surface area contributed by atoms with E-state index >= 15 is 0 Å². The van der Waals surface area contributed by atoms with Crippen molar-refractivity contribution >= 4 is 17.4 Å². The van der Waals surface area contributed by atoms with E-state index in [0.29, 0.717) is 18.0 Å². The molecule has 130 valence electrons. The Morgan fingerprint density at radius 1 is 1.40 bits per heavy atom. The molecule has 0 saturated heterocycles. The molecule has 1 aromatic carbocycles. The number of benzene rings is 1. The second-order valence-electron chi connectivity index (χ2n) is 5.82. The maximum Gasteiger partial charge on any atom is 0.345 e. The number of fused-ring (bicyclic) bond motifs is 1. The lowest BCUT2D eigenvalue weighted by molar-refractivity contribution is 0.0522. The molecule has 7 heteroatoms. The van der Waals surface area contributed by atoms with Crippen LogP contribution in [0.3, 0.4) is 0 Å². The molecule has 1 N–H and O–H groups in total. The van der Waals surface area contributed by atoms with Crippen LogP contribution in [0, 0.1) is 0 Å². The van der Waals surface area contributed by atoms with Crippen molar-refractivity contribution in [3.05, 3.63) is 58.3 Å². The van der Waals surface area contributed by atoms with Crippen LogP contribution in [0.25, 0.3) is 0 Å². The van der Waals surface area contributed by atoms with Gasteiger partial charge in [-0.15, -0.1) is 0 Å². The fraction of sp³-hybridized carbons (Fsp3) is 0.333. The Morgan fingerprint density at radius 3 is 2.88 bits per heavy atom. The fourth-order valence-corrected chi connectivity index (χ4v) is 2.78. The van der Waals surface area contributed by atoms with E-state index in [0.717, 1.165) is 12.1 Å². The van der Waals surface area contributed by atoms with Crippen LogP contribution in [0.15, 0.2) is 46.4 Å². The second kappa shape index (κ2) is 7.29. The molecular weight excluding hydrogens is 320 g/mol. The first-order valence-electron chi connectivity index (χ1n) is 8.28. The number of aromatic nitrogens is 2. The van der Waals surface area contributed by atoms with Gasteiger partial charge in [0.2, 0.25) is 0 Å². The minimum Gasteiger partial charge on any atom is -0.462 e. The Morgan fingerprint density at radius 2 is 2.16 bits per heavy atom. The molecule has 1 atom stereocenters. The molecule has 0 aliphatic carbocycles. The zero-order chi connectivity index (χ0) is 17.8. The molecule has 0 amide bonds. The van der Waals surface area contributed by atoms with E-state index in [2.05, 4.69) is 15.5 Å². The maximum absolute atomic E-state index is 12.7. The van der Waals surface area contributed by atoms with E-state index in [1.807, 2.05) is 37.3 Å². The molecule has 2 aromatic rings. The molecule has 0 spiro atoms. The van der Waals surface area contributed by atoms with Gasteiger partial charge >= 0.3 is 5.97 Å². The van der Waals surface area contributed by atoms with E-state index in [1.54, 1.807) is 6.92 Å². The summed E-state index contributed by atoms with van der Waals surface area (Å²) >= 11 is 0. The molecule has 0 fully saturated rings. The number of hydrogen-bond acceptors (Lipinski definition) is 6.